The van der Waals surface area contributed by atoms with Gasteiger partial charge in [0.05, 0.1) is 27.9 Å². The van der Waals surface area contributed by atoms with Gasteiger partial charge in [-0.25, -0.2) is 0 Å². The second-order valence-electron chi connectivity index (χ2n) is 6.51. The molecule has 0 amide bonds. The number of nitrogens with two attached hydrogens (primary N) is 1. The van der Waals surface area contributed by atoms with Crippen LogP contribution in [0.25, 0.3) is 0 Å². The maximum absolute atomic E-state index is 6.05. The molecule has 0 aliphatic carbocycles. The lowest BCUT2D eigenvalue weighted by atomic mass is 9.85. The average molecular weight is 357 g/mol. The van der Waals surface area contributed by atoms with Gasteiger partial charge in [-0.2, -0.15) is 0 Å². The van der Waals surface area contributed by atoms with E-state index in [-0.39, 0.29) is 5.41 Å². The molecule has 0 saturated heterocycles. The summed E-state index contributed by atoms with van der Waals surface area (Å²) in [5.41, 5.74) is 7.79. The summed E-state index contributed by atoms with van der Waals surface area (Å²) in [6.07, 6.45) is 0. The van der Waals surface area contributed by atoms with Gasteiger partial charge in [0.1, 0.15) is 5.75 Å². The first kappa shape index (κ1) is 19.4. The third kappa shape index (κ3) is 4.81. The van der Waals surface area contributed by atoms with Crippen molar-refractivity contribution < 1.29 is 14.2 Å². The zero-order valence-electron chi connectivity index (χ0n) is 16.0. The fraction of sp³-hybridized carbons (Fsp3) is 0.350. The minimum absolute atomic E-state index is 0.182. The zero-order chi connectivity index (χ0) is 19.2. The van der Waals surface area contributed by atoms with Crippen molar-refractivity contribution in [3.8, 4) is 17.2 Å². The van der Waals surface area contributed by atoms with Crippen molar-refractivity contribution in [3.05, 3.63) is 48.0 Å². The van der Waals surface area contributed by atoms with Crippen molar-refractivity contribution >= 4 is 11.6 Å². The van der Waals surface area contributed by atoms with Gasteiger partial charge in [-0.15, -0.1) is 0 Å². The lowest BCUT2D eigenvalue weighted by molar-refractivity contribution is 0.355. The van der Waals surface area contributed by atoms with Crippen LogP contribution in [0, 0.1) is 0 Å². The lowest BCUT2D eigenvalue weighted by Crippen LogP contribution is -2.27. The molecule has 0 atom stereocenters. The van der Waals surface area contributed by atoms with E-state index in [1.165, 1.54) is 0 Å². The van der Waals surface area contributed by atoms with Gasteiger partial charge in [0, 0.05) is 17.2 Å². The Labute approximate surface area is 155 Å². The first-order valence-corrected chi connectivity index (χ1v) is 8.33. The summed E-state index contributed by atoms with van der Waals surface area (Å²) < 4.78 is 15.8. The van der Waals surface area contributed by atoms with Crippen LogP contribution < -0.4 is 25.3 Å². The molecule has 2 aromatic rings. The number of nitrogens with one attached hydrogen (secondary N) is 1. The maximum atomic E-state index is 6.05. The molecule has 0 spiro atoms. The highest BCUT2D eigenvalue weighted by molar-refractivity contribution is 5.92. The molecule has 0 aliphatic heterocycles. The predicted octanol–water partition coefficient (Wildman–Crippen LogP) is 3.42. The van der Waals surface area contributed by atoms with Crippen LogP contribution in [0.2, 0.25) is 0 Å². The van der Waals surface area contributed by atoms with Crippen molar-refractivity contribution in [1.29, 1.82) is 0 Å². The largest absolute Gasteiger partial charge is 0.497 e. The molecule has 6 heteroatoms. The van der Waals surface area contributed by atoms with Crippen molar-refractivity contribution in [1.82, 2.24) is 0 Å². The average Bonchev–Trinajstić information content (AvgIpc) is 2.66. The number of methoxy groups -OCH3 is 3. The highest BCUT2D eigenvalue weighted by Gasteiger charge is 2.21. The number of guanidine groups is 1. The summed E-state index contributed by atoms with van der Waals surface area (Å²) in [5, 5.41) is 3.08. The molecule has 0 unspecified atom stereocenters. The Morgan fingerprint density at radius 2 is 1.73 bits per heavy atom. The van der Waals surface area contributed by atoms with Gasteiger partial charge in [0.15, 0.2) is 17.5 Å². The van der Waals surface area contributed by atoms with Crippen molar-refractivity contribution in [2.45, 2.75) is 19.3 Å². The molecule has 0 fully saturated rings. The fourth-order valence-corrected chi connectivity index (χ4v) is 2.52. The van der Waals surface area contributed by atoms with Gasteiger partial charge in [-0.05, 0) is 29.8 Å². The lowest BCUT2D eigenvalue weighted by Gasteiger charge is -2.24. The highest BCUT2D eigenvalue weighted by Crippen LogP contribution is 2.30. The Hall–Kier alpha value is -2.89. The monoisotopic (exact) mass is 357 g/mol. The molecule has 0 saturated carbocycles. The molecule has 26 heavy (non-hydrogen) atoms. The van der Waals surface area contributed by atoms with E-state index in [1.54, 1.807) is 21.3 Å². The molecule has 140 valence electrons. The van der Waals surface area contributed by atoms with Crippen LogP contribution in [0.3, 0.4) is 0 Å². The standard InChI is InChI=1S/C20H27N3O3/c1-20(2,14-7-6-8-16(11-14)24-3)13-22-19(21)23-15-9-10-17(25-4)18(12-15)26-5/h6-12H,13H2,1-5H3,(H3,21,22,23). The summed E-state index contributed by atoms with van der Waals surface area (Å²) in [6.45, 7) is 4.77. The van der Waals surface area contributed by atoms with Crippen molar-refractivity contribution in [3.63, 3.8) is 0 Å². The van der Waals surface area contributed by atoms with Crippen LogP contribution in [0.5, 0.6) is 17.2 Å². The molecule has 3 N–H and O–H groups in total. The van der Waals surface area contributed by atoms with E-state index in [0.29, 0.717) is 24.0 Å². The summed E-state index contributed by atoms with van der Waals surface area (Å²) in [7, 11) is 4.85. The summed E-state index contributed by atoms with van der Waals surface area (Å²) >= 11 is 0. The number of ether oxygens (including phenoxy) is 3. The molecule has 2 aromatic carbocycles. The maximum Gasteiger partial charge on any atom is 0.193 e. The van der Waals surface area contributed by atoms with Gasteiger partial charge < -0.3 is 25.3 Å². The van der Waals surface area contributed by atoms with Crippen LogP contribution in [-0.4, -0.2) is 33.8 Å². The Bertz CT molecular complexity index is 773. The molecule has 0 heterocycles. The van der Waals surface area contributed by atoms with Crippen LogP contribution >= 0.6 is 0 Å². The van der Waals surface area contributed by atoms with E-state index in [9.17, 15) is 0 Å². The normalized spacial score (nSPS) is 11.8. The van der Waals surface area contributed by atoms with Crippen molar-refractivity contribution in [2.24, 2.45) is 10.7 Å². The number of aliphatic imine (C=N–C) groups is 1. The zero-order valence-corrected chi connectivity index (χ0v) is 16.0. The van der Waals surface area contributed by atoms with Crippen LogP contribution in [-0.2, 0) is 5.41 Å². The molecule has 0 aromatic heterocycles. The Morgan fingerprint density at radius 1 is 1.00 bits per heavy atom. The summed E-state index contributed by atoms with van der Waals surface area (Å²) in [6, 6.07) is 13.5. The number of benzene rings is 2. The van der Waals surface area contributed by atoms with Gasteiger partial charge in [-0.1, -0.05) is 26.0 Å². The molecule has 0 aliphatic rings. The molecule has 0 bridgehead atoms. The number of rotatable bonds is 7. The highest BCUT2D eigenvalue weighted by atomic mass is 16.5. The second-order valence-corrected chi connectivity index (χ2v) is 6.51. The molecule has 2 rings (SSSR count). The number of nitrogens with zero attached hydrogens (tertiary/aromatic N) is 1. The van der Waals surface area contributed by atoms with Crippen LogP contribution in [0.1, 0.15) is 19.4 Å². The molecule has 0 radical (unpaired) electrons. The summed E-state index contributed by atoms with van der Waals surface area (Å²) in [5.74, 6) is 2.46. The third-order valence-corrected chi connectivity index (χ3v) is 4.15. The SMILES string of the molecule is COc1cccc(C(C)(C)CN=C(N)Nc2ccc(OC)c(OC)c2)c1. The van der Waals surface area contributed by atoms with E-state index in [2.05, 4.69) is 30.2 Å². The van der Waals surface area contributed by atoms with E-state index in [1.807, 2.05) is 36.4 Å². The number of anilines is 1. The van der Waals surface area contributed by atoms with Gasteiger partial charge in [0.25, 0.3) is 0 Å². The second kappa shape index (κ2) is 8.47. The van der Waals surface area contributed by atoms with Crippen LogP contribution in [0.4, 0.5) is 5.69 Å². The van der Waals surface area contributed by atoms with Gasteiger partial charge in [-0.3, -0.25) is 4.99 Å². The number of hydrogen-bond donors (Lipinski definition) is 2. The minimum Gasteiger partial charge on any atom is -0.497 e. The fourth-order valence-electron chi connectivity index (χ4n) is 2.52. The van der Waals surface area contributed by atoms with Crippen LogP contribution in [0.15, 0.2) is 47.5 Å². The molecular formula is C20H27N3O3. The topological polar surface area (TPSA) is 78.1 Å². The van der Waals surface area contributed by atoms with Crippen molar-refractivity contribution in [2.75, 3.05) is 33.2 Å². The summed E-state index contributed by atoms with van der Waals surface area (Å²) in [4.78, 5) is 4.49. The molecular weight excluding hydrogens is 330 g/mol. The van der Waals surface area contributed by atoms with E-state index >= 15 is 0 Å². The Morgan fingerprint density at radius 3 is 2.38 bits per heavy atom. The molecule has 6 nitrogen and oxygen atoms in total. The first-order chi connectivity index (χ1) is 12.4. The number of hydrogen-bond acceptors (Lipinski definition) is 4. The Kier molecular flexibility index (Phi) is 6.33. The van der Waals surface area contributed by atoms with Gasteiger partial charge in [0.2, 0.25) is 0 Å². The predicted molar refractivity (Wildman–Crippen MR) is 106 cm³/mol. The van der Waals surface area contributed by atoms with E-state index in [0.717, 1.165) is 17.0 Å². The Balaban J connectivity index is 2.09. The quantitative estimate of drug-likeness (QED) is 0.586. The third-order valence-electron chi connectivity index (χ3n) is 4.15. The van der Waals surface area contributed by atoms with E-state index < -0.39 is 0 Å². The van der Waals surface area contributed by atoms with Gasteiger partial charge >= 0.3 is 0 Å². The smallest absolute Gasteiger partial charge is 0.193 e. The van der Waals surface area contributed by atoms with E-state index in [4.69, 9.17) is 19.9 Å². The first-order valence-electron chi connectivity index (χ1n) is 8.33. The minimum atomic E-state index is -0.182.